The van der Waals surface area contributed by atoms with Crippen molar-refractivity contribution in [3.63, 3.8) is 0 Å². The summed E-state index contributed by atoms with van der Waals surface area (Å²) in [5.41, 5.74) is 0.446. The molecule has 7 heteroatoms. The molecule has 3 aromatic rings. The molecule has 0 bridgehead atoms. The fourth-order valence-corrected chi connectivity index (χ4v) is 2.78. The van der Waals surface area contributed by atoms with Crippen LogP contribution in [-0.4, -0.2) is 21.0 Å². The number of amides is 1. The number of aromatic hydroxyl groups is 1. The summed E-state index contributed by atoms with van der Waals surface area (Å²) < 4.78 is 0.487. The summed E-state index contributed by atoms with van der Waals surface area (Å²) in [6.45, 7) is 0.230. The van der Waals surface area contributed by atoms with Gasteiger partial charge in [-0.2, -0.15) is 0 Å². The first kappa shape index (κ1) is 13.3. The standard InChI is InChI=1S/C14H11N3O3S/c18-11-10(14(20)17-9-3-5-21-12(9)11)13(19)16-7-8-2-1-4-15-6-8/h1-6H,7H2,(H,16,19)(H2,17,18,20). The van der Waals surface area contributed by atoms with Gasteiger partial charge in [-0.05, 0) is 23.1 Å². The molecule has 0 atom stereocenters. The third-order valence-corrected chi connectivity index (χ3v) is 3.92. The lowest BCUT2D eigenvalue weighted by Crippen LogP contribution is -2.29. The van der Waals surface area contributed by atoms with Crippen molar-refractivity contribution in [1.82, 2.24) is 15.3 Å². The van der Waals surface area contributed by atoms with E-state index in [1.54, 1.807) is 36.0 Å². The molecule has 0 spiro atoms. The lowest BCUT2D eigenvalue weighted by Gasteiger charge is -2.06. The normalized spacial score (nSPS) is 10.7. The topological polar surface area (TPSA) is 95.1 Å². The van der Waals surface area contributed by atoms with Gasteiger partial charge in [0.05, 0.1) is 10.2 Å². The van der Waals surface area contributed by atoms with Crippen molar-refractivity contribution in [3.8, 4) is 5.75 Å². The average Bonchev–Trinajstić information content (AvgIpc) is 2.94. The van der Waals surface area contributed by atoms with Gasteiger partial charge < -0.3 is 15.4 Å². The Labute approximate surface area is 123 Å². The predicted molar refractivity (Wildman–Crippen MR) is 79.5 cm³/mol. The van der Waals surface area contributed by atoms with Gasteiger partial charge >= 0.3 is 0 Å². The quantitative estimate of drug-likeness (QED) is 0.685. The first-order chi connectivity index (χ1) is 10.2. The van der Waals surface area contributed by atoms with Gasteiger partial charge in [0.2, 0.25) is 0 Å². The molecule has 0 aliphatic heterocycles. The minimum absolute atomic E-state index is 0.230. The lowest BCUT2D eigenvalue weighted by atomic mass is 10.2. The molecule has 0 aromatic carbocycles. The summed E-state index contributed by atoms with van der Waals surface area (Å²) in [5.74, 6) is -0.902. The van der Waals surface area contributed by atoms with Gasteiger partial charge in [-0.1, -0.05) is 6.07 Å². The molecule has 1 amide bonds. The van der Waals surface area contributed by atoms with E-state index in [0.29, 0.717) is 10.2 Å². The number of fused-ring (bicyclic) bond motifs is 1. The number of aromatic amines is 1. The van der Waals surface area contributed by atoms with E-state index in [9.17, 15) is 14.7 Å². The van der Waals surface area contributed by atoms with Crippen LogP contribution in [0.4, 0.5) is 0 Å². The second kappa shape index (κ2) is 5.37. The number of hydrogen-bond acceptors (Lipinski definition) is 5. The number of aromatic nitrogens is 2. The minimum Gasteiger partial charge on any atom is -0.505 e. The van der Waals surface area contributed by atoms with Crippen molar-refractivity contribution >= 4 is 27.5 Å². The van der Waals surface area contributed by atoms with Gasteiger partial charge in [-0.15, -0.1) is 11.3 Å². The van der Waals surface area contributed by atoms with Crippen LogP contribution in [0.15, 0.2) is 40.8 Å². The van der Waals surface area contributed by atoms with E-state index in [-0.39, 0.29) is 17.9 Å². The summed E-state index contributed by atoms with van der Waals surface area (Å²) in [5, 5.41) is 14.4. The number of thiophene rings is 1. The summed E-state index contributed by atoms with van der Waals surface area (Å²) in [6, 6.07) is 5.24. The molecule has 106 valence electrons. The van der Waals surface area contributed by atoms with Crippen LogP contribution in [-0.2, 0) is 6.54 Å². The van der Waals surface area contributed by atoms with E-state index >= 15 is 0 Å². The largest absolute Gasteiger partial charge is 0.505 e. The molecule has 0 saturated heterocycles. The van der Waals surface area contributed by atoms with Crippen molar-refractivity contribution in [2.45, 2.75) is 6.54 Å². The molecule has 3 heterocycles. The Morgan fingerprint density at radius 2 is 2.29 bits per heavy atom. The third-order valence-electron chi connectivity index (χ3n) is 3.00. The summed E-state index contributed by atoms with van der Waals surface area (Å²) in [4.78, 5) is 30.6. The molecule has 6 nitrogen and oxygen atoms in total. The SMILES string of the molecule is O=C(NCc1cccnc1)c1c(O)c2sccc2[nH]c1=O. The number of nitrogens with zero attached hydrogens (tertiary/aromatic N) is 1. The second-order valence-corrected chi connectivity index (χ2v) is 5.30. The highest BCUT2D eigenvalue weighted by molar-refractivity contribution is 7.17. The molecule has 3 N–H and O–H groups in total. The van der Waals surface area contributed by atoms with Crippen LogP contribution in [0.1, 0.15) is 15.9 Å². The highest BCUT2D eigenvalue weighted by atomic mass is 32.1. The summed E-state index contributed by atoms with van der Waals surface area (Å²) in [6.07, 6.45) is 3.25. The zero-order valence-electron chi connectivity index (χ0n) is 10.8. The zero-order valence-corrected chi connectivity index (χ0v) is 11.6. The Balaban J connectivity index is 1.89. The first-order valence-corrected chi connectivity index (χ1v) is 7.04. The molecular formula is C14H11N3O3S. The number of pyridine rings is 2. The van der Waals surface area contributed by atoms with Crippen LogP contribution >= 0.6 is 11.3 Å². The fraction of sp³-hybridized carbons (Fsp3) is 0.0714. The maximum atomic E-state index is 12.1. The number of H-pyrrole nitrogens is 1. The Hall–Kier alpha value is -2.67. The Kier molecular flexibility index (Phi) is 3.41. The molecule has 3 aromatic heterocycles. The van der Waals surface area contributed by atoms with Gasteiger partial charge in [-0.25, -0.2) is 0 Å². The first-order valence-electron chi connectivity index (χ1n) is 6.16. The number of nitrogens with one attached hydrogen (secondary N) is 2. The van der Waals surface area contributed by atoms with Gasteiger partial charge in [-0.3, -0.25) is 14.6 Å². The number of carbonyl (C=O) groups is 1. The van der Waals surface area contributed by atoms with Crippen molar-refractivity contribution in [2.24, 2.45) is 0 Å². The zero-order chi connectivity index (χ0) is 14.8. The van der Waals surface area contributed by atoms with Gasteiger partial charge in [0.25, 0.3) is 11.5 Å². The number of hydrogen-bond donors (Lipinski definition) is 3. The second-order valence-electron chi connectivity index (χ2n) is 4.39. The number of carbonyl (C=O) groups excluding carboxylic acids is 1. The maximum absolute atomic E-state index is 12.1. The summed E-state index contributed by atoms with van der Waals surface area (Å²) >= 11 is 1.26. The number of rotatable bonds is 3. The van der Waals surface area contributed by atoms with Gasteiger partial charge in [0, 0.05) is 18.9 Å². The smallest absolute Gasteiger partial charge is 0.265 e. The fourth-order valence-electron chi connectivity index (χ4n) is 1.98. The van der Waals surface area contributed by atoms with E-state index in [4.69, 9.17) is 0 Å². The van der Waals surface area contributed by atoms with Crippen molar-refractivity contribution in [3.05, 3.63) is 57.5 Å². The Morgan fingerprint density at radius 3 is 3.05 bits per heavy atom. The maximum Gasteiger partial charge on any atom is 0.265 e. The predicted octanol–water partition coefficient (Wildman–Crippen LogP) is 1.62. The van der Waals surface area contributed by atoms with Crippen LogP contribution in [0, 0.1) is 0 Å². The summed E-state index contributed by atoms with van der Waals surface area (Å²) in [7, 11) is 0. The van der Waals surface area contributed by atoms with Crippen LogP contribution in [0.2, 0.25) is 0 Å². The molecule has 0 saturated carbocycles. The Bertz CT molecular complexity index is 855. The van der Waals surface area contributed by atoms with Crippen LogP contribution < -0.4 is 10.9 Å². The van der Waals surface area contributed by atoms with Gasteiger partial charge in [0.1, 0.15) is 5.56 Å². The highest BCUT2D eigenvalue weighted by Crippen LogP contribution is 2.29. The van der Waals surface area contributed by atoms with E-state index in [1.165, 1.54) is 11.3 Å². The van der Waals surface area contributed by atoms with E-state index < -0.39 is 11.5 Å². The lowest BCUT2D eigenvalue weighted by molar-refractivity contribution is 0.0947. The van der Waals surface area contributed by atoms with E-state index in [1.807, 2.05) is 0 Å². The average molecular weight is 301 g/mol. The van der Waals surface area contributed by atoms with Crippen LogP contribution in [0.3, 0.4) is 0 Å². The molecule has 21 heavy (non-hydrogen) atoms. The molecule has 0 aliphatic rings. The molecule has 3 rings (SSSR count). The Morgan fingerprint density at radius 1 is 1.43 bits per heavy atom. The molecular weight excluding hydrogens is 290 g/mol. The van der Waals surface area contributed by atoms with Crippen molar-refractivity contribution < 1.29 is 9.90 Å². The van der Waals surface area contributed by atoms with Gasteiger partial charge in [0.15, 0.2) is 5.75 Å². The minimum atomic E-state index is -0.618. The van der Waals surface area contributed by atoms with Crippen molar-refractivity contribution in [1.29, 1.82) is 0 Å². The van der Waals surface area contributed by atoms with Crippen molar-refractivity contribution in [2.75, 3.05) is 0 Å². The van der Waals surface area contributed by atoms with E-state index in [2.05, 4.69) is 15.3 Å². The van der Waals surface area contributed by atoms with Crippen LogP contribution in [0.25, 0.3) is 10.2 Å². The monoisotopic (exact) mass is 301 g/mol. The third kappa shape index (κ3) is 2.50. The molecule has 0 fully saturated rings. The molecule has 0 aliphatic carbocycles. The van der Waals surface area contributed by atoms with E-state index in [0.717, 1.165) is 5.56 Å². The molecule has 0 radical (unpaired) electrons. The highest BCUT2D eigenvalue weighted by Gasteiger charge is 2.19. The van der Waals surface area contributed by atoms with Crippen LogP contribution in [0.5, 0.6) is 5.75 Å². The molecule has 0 unspecified atom stereocenters.